The second kappa shape index (κ2) is 7.01. The maximum atomic E-state index is 5.88. The second-order valence-corrected chi connectivity index (χ2v) is 6.17. The summed E-state index contributed by atoms with van der Waals surface area (Å²) in [6.45, 7) is 2.75. The Hall–Kier alpha value is -1.75. The Morgan fingerprint density at radius 1 is 1.27 bits per heavy atom. The van der Waals surface area contributed by atoms with Gasteiger partial charge in [-0.1, -0.05) is 12.1 Å². The summed E-state index contributed by atoms with van der Waals surface area (Å²) in [5, 5.41) is 0. The summed E-state index contributed by atoms with van der Waals surface area (Å²) in [6.07, 6.45) is 4.25. The molecule has 2 aromatic rings. The summed E-state index contributed by atoms with van der Waals surface area (Å²) in [5.74, 6) is 2.56. The molecule has 1 aromatic heterocycles. The van der Waals surface area contributed by atoms with E-state index < -0.39 is 0 Å². The molecule has 1 fully saturated rings. The van der Waals surface area contributed by atoms with Crippen LogP contribution in [0.2, 0.25) is 0 Å². The average Bonchev–Trinajstić information content (AvgIpc) is 3.17. The van der Waals surface area contributed by atoms with Crippen LogP contribution in [-0.4, -0.2) is 26.4 Å². The molecule has 1 saturated heterocycles. The van der Waals surface area contributed by atoms with E-state index in [-0.39, 0.29) is 0 Å². The van der Waals surface area contributed by atoms with Gasteiger partial charge in [-0.05, 0) is 46.5 Å². The maximum Gasteiger partial charge on any atom is 0.210 e. The molecular formula is C17H19BrN2O2. The van der Waals surface area contributed by atoms with Crippen molar-refractivity contribution in [2.45, 2.75) is 19.4 Å². The van der Waals surface area contributed by atoms with Crippen molar-refractivity contribution in [2.24, 2.45) is 4.99 Å². The molecule has 0 spiro atoms. The topological polar surface area (TPSA) is 38.0 Å². The highest BCUT2D eigenvalue weighted by molar-refractivity contribution is 9.10. The van der Waals surface area contributed by atoms with Crippen molar-refractivity contribution in [1.29, 1.82) is 0 Å². The number of aliphatic imine (C=N–C) groups is 1. The van der Waals surface area contributed by atoms with Crippen LogP contribution in [0, 0.1) is 0 Å². The molecule has 0 radical (unpaired) electrons. The number of hydrogen-bond acceptors (Lipinski definition) is 4. The molecule has 0 aliphatic carbocycles. The molecule has 0 N–H and O–H groups in total. The van der Waals surface area contributed by atoms with Gasteiger partial charge in [0.25, 0.3) is 0 Å². The van der Waals surface area contributed by atoms with Crippen molar-refractivity contribution in [3.8, 4) is 5.75 Å². The van der Waals surface area contributed by atoms with Gasteiger partial charge in [0.05, 0.1) is 24.3 Å². The third-order valence-electron chi connectivity index (χ3n) is 3.73. The first kappa shape index (κ1) is 15.2. The van der Waals surface area contributed by atoms with Crippen LogP contribution in [0.3, 0.4) is 0 Å². The molecule has 1 aliphatic rings. The molecule has 1 aliphatic heterocycles. The first-order chi connectivity index (χ1) is 10.8. The first-order valence-corrected chi connectivity index (χ1v) is 8.22. The minimum absolute atomic E-state index is 0.626. The number of rotatable bonds is 5. The SMILES string of the molecule is COc1ccc(CN=Cc2cc(Br)c(N3CCCC3)o2)cc1. The Morgan fingerprint density at radius 3 is 2.68 bits per heavy atom. The molecule has 2 heterocycles. The molecule has 0 amide bonds. The summed E-state index contributed by atoms with van der Waals surface area (Å²) in [7, 11) is 1.67. The lowest BCUT2D eigenvalue weighted by Gasteiger charge is -2.13. The van der Waals surface area contributed by atoms with E-state index in [1.54, 1.807) is 13.3 Å². The van der Waals surface area contributed by atoms with Gasteiger partial charge in [0, 0.05) is 19.2 Å². The van der Waals surface area contributed by atoms with E-state index in [1.165, 1.54) is 12.8 Å². The zero-order chi connectivity index (χ0) is 15.4. The molecule has 0 atom stereocenters. The van der Waals surface area contributed by atoms with E-state index in [2.05, 4.69) is 25.8 Å². The van der Waals surface area contributed by atoms with E-state index in [4.69, 9.17) is 9.15 Å². The zero-order valence-corrected chi connectivity index (χ0v) is 14.2. The highest BCUT2D eigenvalue weighted by atomic mass is 79.9. The number of ether oxygens (including phenoxy) is 1. The Kier molecular flexibility index (Phi) is 4.83. The standard InChI is InChI=1S/C17H19BrN2O2/c1-21-14-6-4-13(5-7-14)11-19-12-15-10-16(18)17(22-15)20-8-2-3-9-20/h4-7,10,12H,2-3,8-9,11H2,1H3. The number of halogens is 1. The third-order valence-corrected chi connectivity index (χ3v) is 4.30. The highest BCUT2D eigenvalue weighted by Gasteiger charge is 2.19. The van der Waals surface area contributed by atoms with Crippen molar-refractivity contribution in [3.63, 3.8) is 0 Å². The van der Waals surface area contributed by atoms with Crippen LogP contribution >= 0.6 is 15.9 Å². The Balaban J connectivity index is 1.63. The van der Waals surface area contributed by atoms with E-state index >= 15 is 0 Å². The normalized spacial score (nSPS) is 14.9. The van der Waals surface area contributed by atoms with Crippen molar-refractivity contribution in [2.75, 3.05) is 25.1 Å². The summed E-state index contributed by atoms with van der Waals surface area (Å²) in [6, 6.07) is 9.90. The number of methoxy groups -OCH3 is 1. The Bertz CT molecular complexity index is 643. The fourth-order valence-corrected chi connectivity index (χ4v) is 3.11. The molecule has 0 bridgehead atoms. The van der Waals surface area contributed by atoms with Crippen LogP contribution in [0.5, 0.6) is 5.75 Å². The quantitative estimate of drug-likeness (QED) is 0.745. The van der Waals surface area contributed by atoms with Crippen LogP contribution < -0.4 is 9.64 Å². The summed E-state index contributed by atoms with van der Waals surface area (Å²) in [5.41, 5.74) is 1.14. The second-order valence-electron chi connectivity index (χ2n) is 5.31. The number of anilines is 1. The molecule has 22 heavy (non-hydrogen) atoms. The van der Waals surface area contributed by atoms with Gasteiger partial charge in [-0.25, -0.2) is 0 Å². The molecular weight excluding hydrogens is 344 g/mol. The molecule has 116 valence electrons. The summed E-state index contributed by atoms with van der Waals surface area (Å²) < 4.78 is 12.0. The van der Waals surface area contributed by atoms with Crippen LogP contribution in [-0.2, 0) is 6.54 Å². The number of nitrogens with zero attached hydrogens (tertiary/aromatic N) is 2. The van der Waals surface area contributed by atoms with Crippen molar-refractivity contribution < 1.29 is 9.15 Å². The summed E-state index contributed by atoms with van der Waals surface area (Å²) in [4.78, 5) is 6.72. The average molecular weight is 363 g/mol. The monoisotopic (exact) mass is 362 g/mol. The predicted molar refractivity (Wildman–Crippen MR) is 92.1 cm³/mol. The Morgan fingerprint density at radius 2 is 2.00 bits per heavy atom. The van der Waals surface area contributed by atoms with Gasteiger partial charge in [-0.3, -0.25) is 4.99 Å². The Labute approximate surface area is 138 Å². The number of benzene rings is 1. The third kappa shape index (κ3) is 3.53. The number of furan rings is 1. The predicted octanol–water partition coefficient (Wildman–Crippen LogP) is 4.27. The lowest BCUT2D eigenvalue weighted by molar-refractivity contribution is 0.414. The van der Waals surface area contributed by atoms with E-state index in [0.29, 0.717) is 6.54 Å². The van der Waals surface area contributed by atoms with E-state index in [0.717, 1.165) is 40.5 Å². The molecule has 0 saturated carbocycles. The van der Waals surface area contributed by atoms with Crippen molar-refractivity contribution in [3.05, 3.63) is 46.1 Å². The highest BCUT2D eigenvalue weighted by Crippen LogP contribution is 2.31. The lowest BCUT2D eigenvalue weighted by Crippen LogP contribution is -2.17. The lowest BCUT2D eigenvalue weighted by atomic mass is 10.2. The van der Waals surface area contributed by atoms with Gasteiger partial charge < -0.3 is 14.1 Å². The van der Waals surface area contributed by atoms with Crippen LogP contribution in [0.15, 0.2) is 44.2 Å². The van der Waals surface area contributed by atoms with Crippen molar-refractivity contribution >= 4 is 28.0 Å². The minimum atomic E-state index is 0.626. The fraction of sp³-hybridized carbons (Fsp3) is 0.353. The summed E-state index contributed by atoms with van der Waals surface area (Å²) >= 11 is 3.57. The molecule has 1 aromatic carbocycles. The molecule has 4 nitrogen and oxygen atoms in total. The molecule has 0 unspecified atom stereocenters. The minimum Gasteiger partial charge on any atom is -0.497 e. The van der Waals surface area contributed by atoms with Crippen LogP contribution in [0.25, 0.3) is 0 Å². The van der Waals surface area contributed by atoms with Crippen LogP contribution in [0.4, 0.5) is 5.88 Å². The van der Waals surface area contributed by atoms with Crippen LogP contribution in [0.1, 0.15) is 24.2 Å². The molecule has 3 rings (SSSR count). The fourth-order valence-electron chi connectivity index (χ4n) is 2.55. The van der Waals surface area contributed by atoms with Gasteiger partial charge >= 0.3 is 0 Å². The maximum absolute atomic E-state index is 5.88. The first-order valence-electron chi connectivity index (χ1n) is 7.43. The van der Waals surface area contributed by atoms with Gasteiger partial charge in [-0.15, -0.1) is 0 Å². The largest absolute Gasteiger partial charge is 0.497 e. The molecule has 5 heteroatoms. The smallest absolute Gasteiger partial charge is 0.210 e. The van der Waals surface area contributed by atoms with E-state index in [1.807, 2.05) is 30.3 Å². The van der Waals surface area contributed by atoms with E-state index in [9.17, 15) is 0 Å². The van der Waals surface area contributed by atoms with Gasteiger partial charge in [-0.2, -0.15) is 0 Å². The number of hydrogen-bond donors (Lipinski definition) is 0. The van der Waals surface area contributed by atoms with Gasteiger partial charge in [0.1, 0.15) is 11.5 Å². The van der Waals surface area contributed by atoms with Gasteiger partial charge in [0.2, 0.25) is 5.88 Å². The zero-order valence-electron chi connectivity index (χ0n) is 12.6. The van der Waals surface area contributed by atoms with Crippen molar-refractivity contribution in [1.82, 2.24) is 0 Å². The van der Waals surface area contributed by atoms with Gasteiger partial charge in [0.15, 0.2) is 0 Å².